The van der Waals surface area contributed by atoms with Gasteiger partial charge in [0.15, 0.2) is 0 Å². The number of aliphatic carboxylic acids is 1. The standard InChI is InChI=1S/C11H22N2O5S/c1-3-10(8-18-2)12-19(16,17)13-6-4-5-9(7-13)11(14)15/h9-10,12H,3-8H2,1-2H3,(H,14,15). The lowest BCUT2D eigenvalue weighted by atomic mass is 10.0. The van der Waals surface area contributed by atoms with Crippen LogP contribution in [0.4, 0.5) is 0 Å². The number of carboxylic acids is 1. The molecule has 2 N–H and O–H groups in total. The molecule has 7 nitrogen and oxygen atoms in total. The number of methoxy groups -OCH3 is 1. The first-order valence-corrected chi connectivity index (χ1v) is 7.83. The molecule has 8 heteroatoms. The van der Waals surface area contributed by atoms with E-state index in [4.69, 9.17) is 9.84 Å². The zero-order valence-electron chi connectivity index (χ0n) is 11.3. The number of nitrogens with one attached hydrogen (secondary N) is 1. The third-order valence-electron chi connectivity index (χ3n) is 3.25. The smallest absolute Gasteiger partial charge is 0.307 e. The molecule has 1 heterocycles. The van der Waals surface area contributed by atoms with E-state index in [0.29, 0.717) is 32.4 Å². The Morgan fingerprint density at radius 2 is 2.26 bits per heavy atom. The highest BCUT2D eigenvalue weighted by Crippen LogP contribution is 2.19. The molecule has 1 saturated heterocycles. The van der Waals surface area contributed by atoms with Crippen molar-refractivity contribution in [3.8, 4) is 0 Å². The topological polar surface area (TPSA) is 95.9 Å². The predicted octanol–water partition coefficient (Wildman–Crippen LogP) is 0.0424. The van der Waals surface area contributed by atoms with Crippen LogP contribution >= 0.6 is 0 Å². The summed E-state index contributed by atoms with van der Waals surface area (Å²) in [6, 6.07) is -0.291. The second-order valence-electron chi connectivity index (χ2n) is 4.72. The van der Waals surface area contributed by atoms with Crippen molar-refractivity contribution in [3.05, 3.63) is 0 Å². The van der Waals surface area contributed by atoms with Gasteiger partial charge in [0.25, 0.3) is 10.2 Å². The van der Waals surface area contributed by atoms with E-state index in [-0.39, 0.29) is 12.6 Å². The van der Waals surface area contributed by atoms with Crippen LogP contribution in [-0.4, -0.2) is 56.6 Å². The molecule has 0 amide bonds. The predicted molar refractivity (Wildman–Crippen MR) is 69.9 cm³/mol. The van der Waals surface area contributed by atoms with Gasteiger partial charge < -0.3 is 9.84 Å². The van der Waals surface area contributed by atoms with Crippen molar-refractivity contribution >= 4 is 16.2 Å². The third kappa shape index (κ3) is 4.72. The first-order chi connectivity index (χ1) is 8.90. The largest absolute Gasteiger partial charge is 0.481 e. The van der Waals surface area contributed by atoms with Crippen molar-refractivity contribution in [1.82, 2.24) is 9.03 Å². The van der Waals surface area contributed by atoms with Crippen LogP contribution in [0.1, 0.15) is 26.2 Å². The number of hydrogen-bond donors (Lipinski definition) is 2. The number of piperidine rings is 1. The number of hydrogen-bond acceptors (Lipinski definition) is 4. The van der Waals surface area contributed by atoms with Gasteiger partial charge in [0.1, 0.15) is 0 Å². The fourth-order valence-electron chi connectivity index (χ4n) is 2.08. The van der Waals surface area contributed by atoms with Crippen LogP contribution in [0.5, 0.6) is 0 Å². The second kappa shape index (κ2) is 7.18. The quantitative estimate of drug-likeness (QED) is 0.691. The third-order valence-corrected chi connectivity index (χ3v) is 4.89. The van der Waals surface area contributed by atoms with Crippen LogP contribution in [0.25, 0.3) is 0 Å². The molecule has 112 valence electrons. The van der Waals surface area contributed by atoms with Gasteiger partial charge in [0.2, 0.25) is 0 Å². The van der Waals surface area contributed by atoms with Gasteiger partial charge in [-0.25, -0.2) is 0 Å². The first-order valence-electron chi connectivity index (χ1n) is 6.39. The maximum absolute atomic E-state index is 12.2. The van der Waals surface area contributed by atoms with E-state index in [1.807, 2.05) is 6.92 Å². The molecule has 2 unspecified atom stereocenters. The minimum atomic E-state index is -3.64. The van der Waals surface area contributed by atoms with Gasteiger partial charge in [0.05, 0.1) is 12.5 Å². The molecule has 0 radical (unpaired) electrons. The lowest BCUT2D eigenvalue weighted by Crippen LogP contribution is -2.50. The molecular formula is C11H22N2O5S. The SMILES string of the molecule is CCC(COC)NS(=O)(=O)N1CCCC(C(=O)O)C1. The zero-order valence-corrected chi connectivity index (χ0v) is 12.1. The molecule has 1 aliphatic rings. The van der Waals surface area contributed by atoms with Crippen LogP contribution in [0.15, 0.2) is 0 Å². The molecule has 0 spiro atoms. The van der Waals surface area contributed by atoms with Crippen LogP contribution in [0.2, 0.25) is 0 Å². The molecular weight excluding hydrogens is 272 g/mol. The highest BCUT2D eigenvalue weighted by molar-refractivity contribution is 7.87. The van der Waals surface area contributed by atoms with Crippen molar-refractivity contribution in [2.24, 2.45) is 5.92 Å². The van der Waals surface area contributed by atoms with Crippen LogP contribution in [-0.2, 0) is 19.7 Å². The van der Waals surface area contributed by atoms with Gasteiger partial charge in [-0.1, -0.05) is 6.92 Å². The molecule has 2 atom stereocenters. The summed E-state index contributed by atoms with van der Waals surface area (Å²) in [6.45, 7) is 2.56. The molecule has 0 bridgehead atoms. The molecule has 19 heavy (non-hydrogen) atoms. The first kappa shape index (κ1) is 16.4. The second-order valence-corrected chi connectivity index (χ2v) is 6.42. The Balaban J connectivity index is 2.68. The maximum Gasteiger partial charge on any atom is 0.307 e. The van der Waals surface area contributed by atoms with Crippen molar-refractivity contribution in [3.63, 3.8) is 0 Å². The molecule has 0 aromatic rings. The van der Waals surface area contributed by atoms with Crippen molar-refractivity contribution in [1.29, 1.82) is 0 Å². The van der Waals surface area contributed by atoms with Crippen LogP contribution in [0.3, 0.4) is 0 Å². The van der Waals surface area contributed by atoms with E-state index in [9.17, 15) is 13.2 Å². The summed E-state index contributed by atoms with van der Waals surface area (Å²) in [6.07, 6.45) is 1.71. The number of carboxylic acid groups (broad SMARTS) is 1. The number of ether oxygens (including phenoxy) is 1. The fraction of sp³-hybridized carbons (Fsp3) is 0.909. The molecule has 1 rings (SSSR count). The Bertz CT molecular complexity index is 398. The highest BCUT2D eigenvalue weighted by Gasteiger charge is 2.33. The van der Waals surface area contributed by atoms with E-state index in [2.05, 4.69) is 4.72 Å². The zero-order chi connectivity index (χ0) is 14.5. The summed E-state index contributed by atoms with van der Waals surface area (Å²) in [5, 5.41) is 8.97. The van der Waals surface area contributed by atoms with E-state index >= 15 is 0 Å². The highest BCUT2D eigenvalue weighted by atomic mass is 32.2. The molecule has 0 aromatic carbocycles. The summed E-state index contributed by atoms with van der Waals surface area (Å²) < 4.78 is 33.0. The molecule has 0 saturated carbocycles. The minimum absolute atomic E-state index is 0.0358. The van der Waals surface area contributed by atoms with E-state index < -0.39 is 22.1 Å². The summed E-state index contributed by atoms with van der Waals surface area (Å²) in [4.78, 5) is 10.9. The Morgan fingerprint density at radius 3 is 2.79 bits per heavy atom. The Hall–Kier alpha value is -0.700. The lowest BCUT2D eigenvalue weighted by molar-refractivity contribution is -0.142. The van der Waals surface area contributed by atoms with Crippen molar-refractivity contribution < 1.29 is 23.1 Å². The number of carbonyl (C=O) groups is 1. The van der Waals surface area contributed by atoms with Crippen LogP contribution < -0.4 is 4.72 Å². The average molecular weight is 294 g/mol. The molecule has 0 aromatic heterocycles. The van der Waals surface area contributed by atoms with Crippen molar-refractivity contribution in [2.75, 3.05) is 26.8 Å². The Morgan fingerprint density at radius 1 is 1.58 bits per heavy atom. The molecule has 1 aliphatic heterocycles. The van der Waals surface area contributed by atoms with Gasteiger partial charge >= 0.3 is 5.97 Å². The van der Waals surface area contributed by atoms with E-state index in [1.165, 1.54) is 11.4 Å². The lowest BCUT2D eigenvalue weighted by Gasteiger charge is -2.31. The van der Waals surface area contributed by atoms with E-state index in [1.54, 1.807) is 0 Å². The minimum Gasteiger partial charge on any atom is -0.481 e. The summed E-state index contributed by atoms with van der Waals surface area (Å²) in [5.74, 6) is -1.56. The molecule has 1 fully saturated rings. The molecule has 0 aliphatic carbocycles. The van der Waals surface area contributed by atoms with Gasteiger partial charge in [-0.2, -0.15) is 17.4 Å². The fourth-order valence-corrected chi connectivity index (χ4v) is 3.63. The number of nitrogens with zero attached hydrogens (tertiary/aromatic N) is 1. The average Bonchev–Trinajstić information content (AvgIpc) is 2.38. The number of rotatable bonds is 7. The van der Waals surface area contributed by atoms with E-state index in [0.717, 1.165) is 0 Å². The van der Waals surface area contributed by atoms with Crippen LogP contribution in [0, 0.1) is 5.92 Å². The van der Waals surface area contributed by atoms with Crippen molar-refractivity contribution in [2.45, 2.75) is 32.2 Å². The Kier molecular flexibility index (Phi) is 6.18. The van der Waals surface area contributed by atoms with Gasteiger partial charge in [0, 0.05) is 26.2 Å². The Labute approximate surface area is 114 Å². The summed E-state index contributed by atoms with van der Waals surface area (Å²) in [7, 11) is -2.13. The monoisotopic (exact) mass is 294 g/mol. The summed E-state index contributed by atoms with van der Waals surface area (Å²) in [5.41, 5.74) is 0. The maximum atomic E-state index is 12.2. The van der Waals surface area contributed by atoms with Gasteiger partial charge in [-0.15, -0.1) is 0 Å². The van der Waals surface area contributed by atoms with Gasteiger partial charge in [-0.3, -0.25) is 4.79 Å². The normalized spacial score (nSPS) is 23.2. The summed E-state index contributed by atoms with van der Waals surface area (Å²) >= 11 is 0. The van der Waals surface area contributed by atoms with Gasteiger partial charge in [-0.05, 0) is 19.3 Å².